The largest absolute Gasteiger partial charge is 0.476 e. The summed E-state index contributed by atoms with van der Waals surface area (Å²) < 4.78 is 74.3. The van der Waals surface area contributed by atoms with Crippen molar-refractivity contribution in [2.24, 2.45) is 0 Å². The van der Waals surface area contributed by atoms with Crippen LogP contribution in [0.1, 0.15) is 97.0 Å². The molecule has 27 heteroatoms. The van der Waals surface area contributed by atoms with Gasteiger partial charge in [0.05, 0.1) is 112 Å². The summed E-state index contributed by atoms with van der Waals surface area (Å²) in [5.41, 5.74) is 9.32. The summed E-state index contributed by atoms with van der Waals surface area (Å²) in [6.07, 6.45) is 2.80. The van der Waals surface area contributed by atoms with Crippen molar-refractivity contribution >= 4 is 99.3 Å². The lowest BCUT2D eigenvalue weighted by molar-refractivity contribution is 0.0296. The van der Waals surface area contributed by atoms with Crippen LogP contribution in [0.15, 0.2) is 149 Å². The Balaban J connectivity index is 0.000000143. The fraction of sp³-hybridized carbons (Fsp3) is 0.319. The average molecular weight is 1410 g/mol. The molecule has 9 aromatic rings. The van der Waals surface area contributed by atoms with Gasteiger partial charge in [-0.3, -0.25) is 23.9 Å². The van der Waals surface area contributed by atoms with E-state index in [1.54, 1.807) is 65.1 Å². The predicted octanol–water partition coefficient (Wildman–Crippen LogP) is 11.8. The van der Waals surface area contributed by atoms with Crippen LogP contribution < -0.4 is 0 Å². The topological polar surface area (TPSA) is 243 Å². The molecule has 0 spiro atoms. The van der Waals surface area contributed by atoms with Crippen LogP contribution in [0, 0.1) is 0 Å². The van der Waals surface area contributed by atoms with Gasteiger partial charge in [-0.05, 0) is 48.0 Å². The van der Waals surface area contributed by atoms with Crippen molar-refractivity contribution in [1.29, 1.82) is 0 Å². The number of benzene rings is 4. The second kappa shape index (κ2) is 30.7. The van der Waals surface area contributed by atoms with Gasteiger partial charge in [-0.1, -0.05) is 125 Å². The average Bonchev–Trinajstić information content (AvgIpc) is 1.54. The summed E-state index contributed by atoms with van der Waals surface area (Å²) in [5.74, 6) is -1.47. The van der Waals surface area contributed by atoms with E-state index in [1.807, 2.05) is 99.8 Å². The number of nitrogens with zero attached hydrogens (tertiary/aromatic N) is 10. The lowest BCUT2D eigenvalue weighted by Crippen LogP contribution is -2.41. The maximum absolute atomic E-state index is 13.4. The zero-order valence-corrected chi connectivity index (χ0v) is 58.4. The van der Waals surface area contributed by atoms with Crippen LogP contribution in [0.3, 0.4) is 0 Å². The van der Waals surface area contributed by atoms with Crippen molar-refractivity contribution in [1.82, 2.24) is 49.0 Å². The molecule has 5 aromatic heterocycles. The monoisotopic (exact) mass is 1410 g/mol. The predicted molar refractivity (Wildman–Crippen MR) is 376 cm³/mol. The van der Waals surface area contributed by atoms with Gasteiger partial charge in [-0.25, -0.2) is 31.3 Å². The number of carboxylic acids is 1. The van der Waals surface area contributed by atoms with E-state index < -0.39 is 25.6 Å². The lowest BCUT2D eigenvalue weighted by Gasteiger charge is -2.26. The van der Waals surface area contributed by atoms with E-state index >= 15 is 0 Å². The van der Waals surface area contributed by atoms with Gasteiger partial charge in [0, 0.05) is 100 Å². The Morgan fingerprint density at radius 3 is 1.80 bits per heavy atom. The van der Waals surface area contributed by atoms with Crippen molar-refractivity contribution in [2.75, 3.05) is 78.9 Å². The smallest absolute Gasteiger partial charge is 0.356 e. The summed E-state index contributed by atoms with van der Waals surface area (Å²) in [4.78, 5) is 51.3. The molecule has 11 heterocycles. The van der Waals surface area contributed by atoms with Gasteiger partial charge in [-0.15, -0.1) is 34.4 Å². The van der Waals surface area contributed by atoms with Gasteiger partial charge in [0.1, 0.15) is 5.01 Å². The van der Waals surface area contributed by atoms with E-state index in [2.05, 4.69) is 51.6 Å². The number of allylic oxidation sites excluding steroid dienone is 3. The zero-order chi connectivity index (χ0) is 67.8. The number of halogens is 1. The summed E-state index contributed by atoms with van der Waals surface area (Å²) in [5, 5.41) is 26.7. The van der Waals surface area contributed by atoms with E-state index in [1.165, 1.54) is 29.1 Å². The van der Waals surface area contributed by atoms with Gasteiger partial charge in [-0.2, -0.15) is 15.3 Å². The lowest BCUT2D eigenvalue weighted by atomic mass is 10.0. The third kappa shape index (κ3) is 14.5. The number of carbonyl (C=O) groups is 3. The molecule has 0 aliphatic carbocycles. The normalized spacial score (nSPS) is 16.6. The van der Waals surface area contributed by atoms with E-state index in [-0.39, 0.29) is 50.2 Å². The minimum absolute atomic E-state index is 0.0979. The van der Waals surface area contributed by atoms with E-state index in [0.717, 1.165) is 80.4 Å². The summed E-state index contributed by atoms with van der Waals surface area (Å²) in [6.45, 7) is 24.1. The summed E-state index contributed by atoms with van der Waals surface area (Å²) in [7, 11) is -7.25. The number of aromatic carboxylic acids is 1. The number of hydrogen-bond donors (Lipinski definition) is 1. The van der Waals surface area contributed by atoms with Crippen LogP contribution in [0.2, 0.25) is 5.02 Å². The quantitative estimate of drug-likeness (QED) is 0.119. The molecule has 2 amide bonds. The van der Waals surface area contributed by atoms with Crippen LogP contribution in [0.4, 0.5) is 0 Å². The SMILES string of the molecule is C=CC1=C(C=C)S(=O)(=O)Cc2c(C(=O)N3CCOCC3)nn(Cc3cc(Cl)cs3)c21.CC.CC.O=C(O)c1nn(-c2ccc(CN3CCOCC3)cc2)c2c1CSc1ccccc1-2.O=C(c1nn(Cc2nc3ccccc3s2)c2c1CS(=O)(=O)c1ccccc1-2)N1CCOCC1. The number of amides is 2. The van der Waals surface area contributed by atoms with Crippen molar-refractivity contribution in [3.05, 3.63) is 199 Å². The second-order valence-corrected chi connectivity index (χ2v) is 29.7. The molecular weight excluding hydrogens is 1340 g/mol. The summed E-state index contributed by atoms with van der Waals surface area (Å²) in [6, 6.07) is 33.0. The number of thiazole rings is 1. The third-order valence-electron chi connectivity index (χ3n) is 16.4. The van der Waals surface area contributed by atoms with Crippen molar-refractivity contribution in [3.8, 4) is 28.2 Å². The van der Waals surface area contributed by atoms with Gasteiger partial charge in [0.2, 0.25) is 0 Å². The van der Waals surface area contributed by atoms with Crippen molar-refractivity contribution < 1.29 is 50.5 Å². The Morgan fingerprint density at radius 1 is 0.625 bits per heavy atom. The number of rotatable bonds is 12. The Morgan fingerprint density at radius 2 is 1.20 bits per heavy atom. The number of sulfone groups is 2. The Labute approximate surface area is 575 Å². The van der Waals surface area contributed by atoms with E-state index in [0.29, 0.717) is 110 Å². The van der Waals surface area contributed by atoms with Crippen LogP contribution >= 0.6 is 46.0 Å². The number of aromatic nitrogens is 7. The van der Waals surface area contributed by atoms with Gasteiger partial charge < -0.3 is 29.1 Å². The number of thioether (sulfide) groups is 1. The highest BCUT2D eigenvalue weighted by molar-refractivity contribution is 7.98. The van der Waals surface area contributed by atoms with Crippen LogP contribution in [0.5, 0.6) is 0 Å². The molecule has 0 bridgehead atoms. The number of hydrogen-bond acceptors (Lipinski definition) is 18. The molecule has 1 N–H and O–H groups in total. The fourth-order valence-electron chi connectivity index (χ4n) is 12.1. The van der Waals surface area contributed by atoms with E-state index in [4.69, 9.17) is 30.8 Å². The first kappa shape index (κ1) is 69.5. The van der Waals surface area contributed by atoms with Gasteiger partial charge in [0.25, 0.3) is 11.8 Å². The number of para-hydroxylation sites is 1. The van der Waals surface area contributed by atoms with Crippen LogP contribution in [-0.4, -0.2) is 168 Å². The molecule has 96 heavy (non-hydrogen) atoms. The van der Waals surface area contributed by atoms with Crippen LogP contribution in [0.25, 0.3) is 44.0 Å². The maximum atomic E-state index is 13.4. The molecule has 6 aliphatic rings. The Kier molecular flexibility index (Phi) is 22.2. The Hall–Kier alpha value is -7.89. The van der Waals surface area contributed by atoms with Gasteiger partial charge in [0.15, 0.2) is 36.8 Å². The first-order chi connectivity index (χ1) is 46.6. The Bertz CT molecular complexity index is 4620. The standard InChI is InChI=1S/C23H20N4O4S2.C22H21N3O3S.C20H20ClN3O4S2.2C2H6/c28-23(26-9-11-31-12-10-26)21-16-14-33(29,30)19-8-4-1-5-15(19)22(16)27(25-21)13-20-24-17-6-2-3-7-18(17)32-20;26-22(27)20-18-14-29-19-4-2-1-3-17(19)21(18)25(23-20)16-7-5-15(6-8-16)13-24-9-11-28-12-10-24;1-3-15-17(4-2)30(26,27)12-16-18(20(25)23-5-7-28-8-6-23)22-24(19(15)16)10-14-9-13(21)11-29-14;2*1-2/h1-8H,9-14H2;1-8H,9-14H2,(H,26,27);3-4,9,11H,1-2,5-8,10,12H2;2*1-2H3. The maximum Gasteiger partial charge on any atom is 0.356 e. The molecule has 0 atom stereocenters. The second-order valence-electron chi connectivity index (χ2n) is 22.2. The molecule has 15 rings (SSSR count). The molecule has 21 nitrogen and oxygen atoms in total. The highest BCUT2D eigenvalue weighted by Crippen LogP contribution is 2.45. The molecule has 6 aliphatic heterocycles. The molecular formula is C69H73ClN10O11S5. The number of carboxylic acid groups (broad SMARTS) is 1. The molecule has 0 saturated carbocycles. The summed E-state index contributed by atoms with van der Waals surface area (Å²) >= 11 is 10.8. The first-order valence-electron chi connectivity index (χ1n) is 31.6. The number of carbonyl (C=O) groups excluding carboxylic acids is 2. The molecule has 502 valence electrons. The minimum Gasteiger partial charge on any atom is -0.476 e. The molecule has 3 saturated heterocycles. The minimum atomic E-state index is -3.67. The number of fused-ring (bicyclic) bond motifs is 8. The molecule has 4 aromatic carbocycles. The molecule has 0 unspecified atom stereocenters. The third-order valence-corrected chi connectivity index (χ3v) is 23.2. The van der Waals surface area contributed by atoms with E-state index in [9.17, 15) is 36.3 Å². The molecule has 0 radical (unpaired) electrons. The number of thiophene rings is 1. The number of morpholine rings is 3. The highest BCUT2D eigenvalue weighted by Gasteiger charge is 2.39. The number of ether oxygens (including phenoxy) is 3. The first-order valence-corrected chi connectivity index (χ1v) is 38.0. The van der Waals surface area contributed by atoms with Crippen molar-refractivity contribution in [2.45, 2.75) is 74.4 Å². The molecule has 3 fully saturated rings. The van der Waals surface area contributed by atoms with Gasteiger partial charge >= 0.3 is 5.97 Å². The highest BCUT2D eigenvalue weighted by atomic mass is 35.5. The zero-order valence-electron chi connectivity index (χ0n) is 53.6. The fourth-order valence-corrected chi connectivity index (χ4v) is 18.3. The van der Waals surface area contributed by atoms with Crippen molar-refractivity contribution in [3.63, 3.8) is 0 Å². The van der Waals surface area contributed by atoms with Crippen LogP contribution in [-0.2, 0) is 70.8 Å².